The second-order valence-corrected chi connectivity index (χ2v) is 7.42. The molecule has 0 spiro atoms. The lowest BCUT2D eigenvalue weighted by molar-refractivity contribution is -0.385. The summed E-state index contributed by atoms with van der Waals surface area (Å²) >= 11 is 0. The maximum absolute atomic E-state index is 14.1. The van der Waals surface area contributed by atoms with E-state index in [2.05, 4.69) is 5.32 Å². The number of nitrogens with one attached hydrogen (secondary N) is 1. The van der Waals surface area contributed by atoms with E-state index in [9.17, 15) is 23.7 Å². The van der Waals surface area contributed by atoms with Gasteiger partial charge in [-0.15, -0.1) is 0 Å². The Morgan fingerprint density at radius 3 is 2.24 bits per heavy atom. The molecular weight excluding hydrogens is 336 g/mol. The van der Waals surface area contributed by atoms with Crippen LogP contribution in [0.15, 0.2) is 12.1 Å². The van der Waals surface area contributed by atoms with Crippen LogP contribution in [0.1, 0.15) is 20.8 Å². The number of benzene rings is 1. The summed E-state index contributed by atoms with van der Waals surface area (Å²) in [6.45, 7) is 6.04. The molecule has 0 radical (unpaired) electrons. The highest BCUT2D eigenvalue weighted by Crippen LogP contribution is 2.48. The molecule has 1 aliphatic heterocycles. The van der Waals surface area contributed by atoms with Crippen molar-refractivity contribution in [2.75, 3.05) is 18.0 Å². The fourth-order valence-electron chi connectivity index (χ4n) is 3.33. The van der Waals surface area contributed by atoms with Gasteiger partial charge < -0.3 is 15.0 Å². The van der Waals surface area contributed by atoms with Crippen molar-refractivity contribution in [3.05, 3.63) is 33.9 Å². The van der Waals surface area contributed by atoms with E-state index in [1.54, 1.807) is 20.8 Å². The fraction of sp³-hybridized carbons (Fsp3) is 0.562. The van der Waals surface area contributed by atoms with Crippen molar-refractivity contribution < 1.29 is 23.2 Å². The van der Waals surface area contributed by atoms with Crippen LogP contribution in [0.5, 0.6) is 0 Å². The minimum atomic E-state index is -0.954. The van der Waals surface area contributed by atoms with E-state index in [0.717, 1.165) is 12.1 Å². The number of rotatable bonds is 3. The minimum absolute atomic E-state index is 0.0738. The summed E-state index contributed by atoms with van der Waals surface area (Å²) in [4.78, 5) is 23.1. The van der Waals surface area contributed by atoms with E-state index in [-0.39, 0.29) is 23.6 Å². The van der Waals surface area contributed by atoms with Crippen molar-refractivity contribution in [3.8, 4) is 0 Å². The Morgan fingerprint density at radius 1 is 1.28 bits per heavy atom. The van der Waals surface area contributed by atoms with Crippen LogP contribution in [0, 0.1) is 33.6 Å². The molecule has 25 heavy (non-hydrogen) atoms. The number of amides is 1. The predicted molar refractivity (Wildman–Crippen MR) is 85.4 cm³/mol. The number of hydrogen-bond acceptors (Lipinski definition) is 5. The highest BCUT2D eigenvalue weighted by Gasteiger charge is 2.57. The van der Waals surface area contributed by atoms with Crippen molar-refractivity contribution in [3.63, 3.8) is 0 Å². The number of nitro groups is 1. The first-order valence-corrected chi connectivity index (χ1v) is 7.95. The molecule has 9 heteroatoms. The van der Waals surface area contributed by atoms with Gasteiger partial charge in [-0.25, -0.2) is 13.6 Å². The predicted octanol–water partition coefficient (Wildman–Crippen LogP) is 2.83. The summed E-state index contributed by atoms with van der Waals surface area (Å²) in [5.74, 6) is -1.74. The molecule has 1 aliphatic carbocycles. The number of nitro benzene ring substituents is 1. The maximum Gasteiger partial charge on any atom is 0.407 e. The Balaban J connectivity index is 1.62. The van der Waals surface area contributed by atoms with Gasteiger partial charge in [-0.3, -0.25) is 10.1 Å². The molecule has 1 aromatic carbocycles. The molecule has 0 bridgehead atoms. The van der Waals surface area contributed by atoms with E-state index < -0.39 is 33.9 Å². The SMILES string of the molecule is CC(C)(C)OC(=O)NC1[C@H]2CN(c3c(F)cc([N+](=O)[O-])cc3F)C[C@@H]12. The van der Waals surface area contributed by atoms with Gasteiger partial charge >= 0.3 is 6.09 Å². The van der Waals surface area contributed by atoms with Gasteiger partial charge in [0.05, 0.1) is 17.1 Å². The van der Waals surface area contributed by atoms with Crippen LogP contribution < -0.4 is 10.2 Å². The highest BCUT2D eigenvalue weighted by atomic mass is 19.1. The monoisotopic (exact) mass is 355 g/mol. The van der Waals surface area contributed by atoms with Crippen molar-refractivity contribution in [1.29, 1.82) is 0 Å². The van der Waals surface area contributed by atoms with Crippen LogP contribution in [-0.2, 0) is 4.74 Å². The number of ether oxygens (including phenoxy) is 1. The van der Waals surface area contributed by atoms with Gasteiger partial charge in [-0.2, -0.15) is 0 Å². The second kappa shape index (κ2) is 5.82. The zero-order valence-electron chi connectivity index (χ0n) is 14.1. The first-order valence-electron chi connectivity index (χ1n) is 7.95. The molecule has 1 amide bonds. The third kappa shape index (κ3) is 3.49. The van der Waals surface area contributed by atoms with E-state index in [4.69, 9.17) is 4.74 Å². The molecule has 1 saturated carbocycles. The van der Waals surface area contributed by atoms with Gasteiger partial charge in [-0.05, 0) is 20.8 Å². The number of carbonyl (C=O) groups is 1. The molecule has 2 fully saturated rings. The van der Waals surface area contributed by atoms with Crippen molar-refractivity contribution in [2.24, 2.45) is 11.8 Å². The van der Waals surface area contributed by atoms with E-state index in [1.165, 1.54) is 4.90 Å². The smallest absolute Gasteiger partial charge is 0.407 e. The topological polar surface area (TPSA) is 84.7 Å². The number of alkyl carbamates (subject to hydrolysis) is 1. The van der Waals surface area contributed by atoms with Crippen molar-refractivity contribution >= 4 is 17.5 Å². The van der Waals surface area contributed by atoms with Crippen LogP contribution in [-0.4, -0.2) is 35.7 Å². The average Bonchev–Trinajstić information content (AvgIpc) is 2.90. The van der Waals surface area contributed by atoms with Gasteiger partial charge in [0, 0.05) is 31.0 Å². The van der Waals surface area contributed by atoms with Gasteiger partial charge in [0.2, 0.25) is 0 Å². The van der Waals surface area contributed by atoms with Crippen LogP contribution >= 0.6 is 0 Å². The largest absolute Gasteiger partial charge is 0.444 e. The lowest BCUT2D eigenvalue weighted by atomic mass is 10.2. The third-order valence-electron chi connectivity index (χ3n) is 4.41. The summed E-state index contributed by atoms with van der Waals surface area (Å²) in [5.41, 5.74) is -1.47. The molecule has 1 N–H and O–H groups in total. The molecule has 1 heterocycles. The molecule has 0 aromatic heterocycles. The number of halogens is 2. The molecule has 136 valence electrons. The normalized spacial score (nSPS) is 24.7. The summed E-state index contributed by atoms with van der Waals surface area (Å²) in [7, 11) is 0. The lowest BCUT2D eigenvalue weighted by Crippen LogP contribution is -2.38. The first-order chi connectivity index (χ1) is 11.6. The number of carbonyl (C=O) groups excluding carboxylic acids is 1. The van der Waals surface area contributed by atoms with Crippen LogP contribution in [0.2, 0.25) is 0 Å². The highest BCUT2D eigenvalue weighted by molar-refractivity contribution is 5.69. The molecule has 7 nitrogen and oxygen atoms in total. The lowest BCUT2D eigenvalue weighted by Gasteiger charge is -2.24. The Labute approximate surface area is 143 Å². The number of nitrogens with zero attached hydrogens (tertiary/aromatic N) is 2. The Bertz CT molecular complexity index is 700. The summed E-state index contributed by atoms with van der Waals surface area (Å²) in [6, 6.07) is 1.37. The van der Waals surface area contributed by atoms with Crippen LogP contribution in [0.4, 0.5) is 25.0 Å². The Hall–Kier alpha value is -2.45. The molecule has 1 aromatic rings. The average molecular weight is 355 g/mol. The van der Waals surface area contributed by atoms with Gasteiger partial charge in [0.15, 0.2) is 11.6 Å². The Morgan fingerprint density at radius 2 is 1.80 bits per heavy atom. The van der Waals surface area contributed by atoms with Gasteiger partial charge in [0.1, 0.15) is 11.3 Å². The summed E-state index contributed by atoms with van der Waals surface area (Å²) in [5, 5.41) is 13.4. The molecule has 3 rings (SSSR count). The van der Waals surface area contributed by atoms with E-state index >= 15 is 0 Å². The quantitative estimate of drug-likeness (QED) is 0.666. The van der Waals surface area contributed by atoms with Crippen molar-refractivity contribution in [1.82, 2.24) is 5.32 Å². The number of anilines is 1. The maximum atomic E-state index is 14.1. The zero-order valence-corrected chi connectivity index (χ0v) is 14.1. The zero-order chi connectivity index (χ0) is 18.5. The molecular formula is C16H19F2N3O4. The fourth-order valence-corrected chi connectivity index (χ4v) is 3.33. The van der Waals surface area contributed by atoms with Gasteiger partial charge in [0.25, 0.3) is 5.69 Å². The molecule has 2 aliphatic rings. The second-order valence-electron chi connectivity index (χ2n) is 7.42. The number of piperidine rings is 1. The number of hydrogen-bond donors (Lipinski definition) is 1. The third-order valence-corrected chi connectivity index (χ3v) is 4.41. The van der Waals surface area contributed by atoms with E-state index in [0.29, 0.717) is 13.1 Å². The summed E-state index contributed by atoms with van der Waals surface area (Å²) < 4.78 is 33.4. The minimum Gasteiger partial charge on any atom is -0.444 e. The Kier molecular flexibility index (Phi) is 4.04. The van der Waals surface area contributed by atoms with Crippen LogP contribution in [0.3, 0.4) is 0 Å². The number of non-ortho nitro benzene ring substituents is 1. The first kappa shape index (κ1) is 17.4. The number of fused-ring (bicyclic) bond motifs is 1. The standard InChI is InChI=1S/C16H19F2N3O4/c1-16(2,3)25-15(22)19-13-9-6-20(7-10(9)13)14-11(17)4-8(21(23)24)5-12(14)18/h4-5,9-10,13H,6-7H2,1-3H3,(H,19,22)/t9-,10+,13?. The van der Waals surface area contributed by atoms with E-state index in [1.807, 2.05) is 0 Å². The molecule has 3 atom stereocenters. The summed E-state index contributed by atoms with van der Waals surface area (Å²) in [6.07, 6.45) is -0.508. The van der Waals surface area contributed by atoms with Crippen LogP contribution in [0.25, 0.3) is 0 Å². The van der Waals surface area contributed by atoms with Crippen molar-refractivity contribution in [2.45, 2.75) is 32.4 Å². The molecule has 1 saturated heterocycles. The molecule has 1 unspecified atom stereocenters. The van der Waals surface area contributed by atoms with Gasteiger partial charge in [-0.1, -0.05) is 0 Å².